The van der Waals surface area contributed by atoms with Crippen LogP contribution < -0.4 is 0 Å². The molecule has 0 bridgehead atoms. The molecule has 0 fully saturated rings. The van der Waals surface area contributed by atoms with Gasteiger partial charge < -0.3 is 13.6 Å². The zero-order chi connectivity index (χ0) is 11.7. The smallest absolute Gasteiger partial charge is 0.284 e. The van der Waals surface area contributed by atoms with Gasteiger partial charge in [0.15, 0.2) is 5.76 Å². The Bertz CT molecular complexity index is 492. The van der Waals surface area contributed by atoms with Crippen LogP contribution in [0.5, 0.6) is 0 Å². The topological polar surface area (TPSA) is 61.3 Å². The summed E-state index contributed by atoms with van der Waals surface area (Å²) in [7, 11) is 1.63. The van der Waals surface area contributed by atoms with Crippen LogP contribution in [-0.2, 0) is 4.74 Å². The van der Waals surface area contributed by atoms with Crippen molar-refractivity contribution in [3.05, 3.63) is 17.4 Å². The standard InChI is InChI=1S/C10H12N2O3S/c1-5-4-7(6(2)13-3)14-8(5)9-11-12-10(16)15-9/h4,6H,1-3H3,(H,12,16). The average Bonchev–Trinajstić information content (AvgIpc) is 2.83. The van der Waals surface area contributed by atoms with Crippen LogP contribution in [0.1, 0.15) is 24.4 Å². The van der Waals surface area contributed by atoms with E-state index in [4.69, 9.17) is 13.6 Å². The summed E-state index contributed by atoms with van der Waals surface area (Å²) in [5.41, 5.74) is 0.927. The second kappa shape index (κ2) is 4.31. The summed E-state index contributed by atoms with van der Waals surface area (Å²) in [5, 5.41) is 7.70. The molecule has 0 aliphatic rings. The van der Waals surface area contributed by atoms with E-state index in [9.17, 15) is 0 Å². The normalized spacial score (nSPS) is 13.0. The molecule has 16 heavy (non-hydrogen) atoms. The number of methoxy groups -OCH3 is 1. The number of hydrogen-bond donors (Lipinski definition) is 1. The first-order chi connectivity index (χ1) is 7.61. The van der Waals surface area contributed by atoms with Crippen molar-refractivity contribution in [2.75, 3.05) is 7.11 Å². The molecule has 0 aliphatic heterocycles. The van der Waals surface area contributed by atoms with Gasteiger partial charge in [0.05, 0.1) is 0 Å². The van der Waals surface area contributed by atoms with E-state index in [0.29, 0.717) is 11.7 Å². The van der Waals surface area contributed by atoms with E-state index in [2.05, 4.69) is 22.8 Å². The molecule has 2 aromatic rings. The second-order valence-electron chi connectivity index (χ2n) is 3.43. The number of aromatic nitrogens is 2. The van der Waals surface area contributed by atoms with Crippen molar-refractivity contribution >= 4 is 12.6 Å². The summed E-state index contributed by atoms with van der Waals surface area (Å²) in [6.45, 7) is 3.81. The molecule has 0 saturated carbocycles. The Labute approximate surface area is 98.2 Å². The maximum atomic E-state index is 5.61. The predicted octanol–water partition coefficient (Wildman–Crippen LogP) is 2.63. The molecular formula is C10H12N2O3S. The highest BCUT2D eigenvalue weighted by atomic mass is 32.1. The van der Waals surface area contributed by atoms with E-state index >= 15 is 0 Å². The minimum atomic E-state index is -0.106. The molecule has 0 aromatic carbocycles. The van der Waals surface area contributed by atoms with Gasteiger partial charge in [0.1, 0.15) is 11.9 Å². The van der Waals surface area contributed by atoms with E-state index in [1.165, 1.54) is 0 Å². The predicted molar refractivity (Wildman–Crippen MR) is 59.4 cm³/mol. The maximum absolute atomic E-state index is 5.61. The fourth-order valence-electron chi connectivity index (χ4n) is 1.34. The van der Waals surface area contributed by atoms with Gasteiger partial charge in [-0.1, -0.05) is 12.6 Å². The molecular weight excluding hydrogens is 228 g/mol. The highest BCUT2D eigenvalue weighted by Gasteiger charge is 2.18. The highest BCUT2D eigenvalue weighted by molar-refractivity contribution is 7.80. The SMILES string of the molecule is COC(C)c1cc(C)c(-c2nnc(S)o2)o1. The molecule has 0 amide bonds. The van der Waals surface area contributed by atoms with Crippen molar-refractivity contribution in [3.8, 4) is 11.7 Å². The molecule has 6 heteroatoms. The summed E-state index contributed by atoms with van der Waals surface area (Å²) < 4.78 is 16.0. The summed E-state index contributed by atoms with van der Waals surface area (Å²) in [5.74, 6) is 1.62. The number of hydrogen-bond acceptors (Lipinski definition) is 6. The molecule has 86 valence electrons. The van der Waals surface area contributed by atoms with Crippen molar-refractivity contribution in [1.29, 1.82) is 0 Å². The van der Waals surface area contributed by atoms with Crippen LogP contribution in [-0.4, -0.2) is 17.3 Å². The molecule has 1 atom stereocenters. The van der Waals surface area contributed by atoms with Crippen LogP contribution >= 0.6 is 12.6 Å². The zero-order valence-electron chi connectivity index (χ0n) is 9.22. The Hall–Kier alpha value is -1.27. The van der Waals surface area contributed by atoms with Crippen molar-refractivity contribution in [3.63, 3.8) is 0 Å². The minimum absolute atomic E-state index is 0.106. The molecule has 0 aliphatic carbocycles. The molecule has 2 aromatic heterocycles. The summed E-state index contributed by atoms with van der Waals surface area (Å²) in [6.07, 6.45) is -0.106. The highest BCUT2D eigenvalue weighted by Crippen LogP contribution is 2.29. The van der Waals surface area contributed by atoms with E-state index in [1.54, 1.807) is 7.11 Å². The third-order valence-electron chi connectivity index (χ3n) is 2.30. The summed E-state index contributed by atoms with van der Waals surface area (Å²) >= 11 is 3.95. The lowest BCUT2D eigenvalue weighted by Gasteiger charge is -2.03. The number of thiol groups is 1. The van der Waals surface area contributed by atoms with Gasteiger partial charge in [-0.05, 0) is 19.9 Å². The Kier molecular flexibility index (Phi) is 3.02. The van der Waals surface area contributed by atoms with Crippen LogP contribution in [0.3, 0.4) is 0 Å². The first kappa shape index (κ1) is 11.2. The van der Waals surface area contributed by atoms with Crippen molar-refractivity contribution in [2.45, 2.75) is 25.2 Å². The Morgan fingerprint density at radius 1 is 1.38 bits per heavy atom. The second-order valence-corrected chi connectivity index (χ2v) is 3.81. The van der Waals surface area contributed by atoms with E-state index in [-0.39, 0.29) is 11.3 Å². The van der Waals surface area contributed by atoms with Gasteiger partial charge in [0.2, 0.25) is 0 Å². The molecule has 0 N–H and O–H groups in total. The monoisotopic (exact) mass is 240 g/mol. The molecule has 5 nitrogen and oxygen atoms in total. The lowest BCUT2D eigenvalue weighted by atomic mass is 10.2. The molecule has 2 heterocycles. The van der Waals surface area contributed by atoms with Gasteiger partial charge in [-0.2, -0.15) is 0 Å². The van der Waals surface area contributed by atoms with Crippen LogP contribution in [0.4, 0.5) is 0 Å². The molecule has 0 saturated heterocycles. The van der Waals surface area contributed by atoms with Gasteiger partial charge in [0.25, 0.3) is 11.1 Å². The fraction of sp³-hybridized carbons (Fsp3) is 0.400. The van der Waals surface area contributed by atoms with Crippen LogP contribution in [0, 0.1) is 6.92 Å². The molecule has 0 spiro atoms. The summed E-state index contributed by atoms with van der Waals surface area (Å²) in [6, 6.07) is 1.89. The number of aryl methyl sites for hydroxylation is 1. The molecule has 2 rings (SSSR count). The van der Waals surface area contributed by atoms with Gasteiger partial charge in [0, 0.05) is 12.7 Å². The third-order valence-corrected chi connectivity index (χ3v) is 2.48. The zero-order valence-corrected chi connectivity index (χ0v) is 10.1. The Morgan fingerprint density at radius 2 is 2.12 bits per heavy atom. The minimum Gasteiger partial charge on any atom is -0.453 e. The fourth-order valence-corrected chi connectivity index (χ4v) is 1.47. The lowest BCUT2D eigenvalue weighted by molar-refractivity contribution is 0.0999. The van der Waals surface area contributed by atoms with Gasteiger partial charge in [-0.3, -0.25) is 0 Å². The van der Waals surface area contributed by atoms with Crippen molar-refractivity contribution in [1.82, 2.24) is 10.2 Å². The first-order valence-electron chi connectivity index (χ1n) is 4.77. The van der Waals surface area contributed by atoms with Crippen molar-refractivity contribution < 1.29 is 13.6 Å². The van der Waals surface area contributed by atoms with Crippen LogP contribution in [0.25, 0.3) is 11.7 Å². The number of ether oxygens (including phenoxy) is 1. The van der Waals surface area contributed by atoms with E-state index < -0.39 is 0 Å². The van der Waals surface area contributed by atoms with Gasteiger partial charge >= 0.3 is 0 Å². The van der Waals surface area contributed by atoms with Gasteiger partial charge in [-0.25, -0.2) is 0 Å². The van der Waals surface area contributed by atoms with Crippen LogP contribution in [0.15, 0.2) is 20.1 Å². The summed E-state index contributed by atoms with van der Waals surface area (Å²) in [4.78, 5) is 0. The number of nitrogens with zero attached hydrogens (tertiary/aromatic N) is 2. The van der Waals surface area contributed by atoms with Crippen LogP contribution in [0.2, 0.25) is 0 Å². The molecule has 0 radical (unpaired) electrons. The Morgan fingerprint density at radius 3 is 2.69 bits per heavy atom. The largest absolute Gasteiger partial charge is 0.453 e. The van der Waals surface area contributed by atoms with E-state index in [0.717, 1.165) is 11.3 Å². The number of rotatable bonds is 3. The molecule has 1 unspecified atom stereocenters. The Balaban J connectivity index is 2.39. The first-order valence-corrected chi connectivity index (χ1v) is 5.22. The lowest BCUT2D eigenvalue weighted by Crippen LogP contribution is -1.92. The van der Waals surface area contributed by atoms with Crippen molar-refractivity contribution in [2.24, 2.45) is 0 Å². The average molecular weight is 240 g/mol. The van der Waals surface area contributed by atoms with E-state index in [1.807, 2.05) is 19.9 Å². The third kappa shape index (κ3) is 1.98. The quantitative estimate of drug-likeness (QED) is 0.836. The van der Waals surface area contributed by atoms with Gasteiger partial charge in [-0.15, -0.1) is 10.2 Å². The number of furan rings is 1. The maximum Gasteiger partial charge on any atom is 0.284 e.